The van der Waals surface area contributed by atoms with Gasteiger partial charge in [-0.15, -0.1) is 0 Å². The van der Waals surface area contributed by atoms with Crippen molar-refractivity contribution in [3.05, 3.63) is 77.3 Å². The van der Waals surface area contributed by atoms with E-state index in [0.29, 0.717) is 24.1 Å². The van der Waals surface area contributed by atoms with E-state index in [1.165, 1.54) is 0 Å². The van der Waals surface area contributed by atoms with Crippen LogP contribution >= 0.6 is 11.6 Å². The highest BCUT2D eigenvalue weighted by molar-refractivity contribution is 6.31. The van der Waals surface area contributed by atoms with Crippen molar-refractivity contribution in [1.82, 2.24) is 14.5 Å². The fraction of sp³-hybridized carbons (Fsp3) is 0.200. The van der Waals surface area contributed by atoms with E-state index in [4.69, 9.17) is 26.3 Å². The SMILES string of the molecule is CC(C)COc1ccccc1Cn1c2ccc(Cl)cc2c2nc3ccccc3nc21. The molecule has 30 heavy (non-hydrogen) atoms. The molecule has 0 radical (unpaired) electrons. The topological polar surface area (TPSA) is 39.9 Å². The zero-order valence-corrected chi connectivity index (χ0v) is 17.7. The smallest absolute Gasteiger partial charge is 0.160 e. The summed E-state index contributed by atoms with van der Waals surface area (Å²) in [5.74, 6) is 1.37. The highest BCUT2D eigenvalue weighted by Crippen LogP contribution is 2.32. The molecule has 0 unspecified atom stereocenters. The number of fused-ring (bicyclic) bond motifs is 4. The van der Waals surface area contributed by atoms with Gasteiger partial charge in [0.25, 0.3) is 0 Å². The lowest BCUT2D eigenvalue weighted by Crippen LogP contribution is -2.08. The Kier molecular flexibility index (Phi) is 4.80. The summed E-state index contributed by atoms with van der Waals surface area (Å²) < 4.78 is 8.30. The van der Waals surface area contributed by atoms with Gasteiger partial charge in [-0.2, -0.15) is 0 Å². The molecular weight excluding hydrogens is 394 g/mol. The van der Waals surface area contributed by atoms with E-state index in [1.807, 2.05) is 60.7 Å². The van der Waals surface area contributed by atoms with Crippen molar-refractivity contribution in [3.8, 4) is 5.75 Å². The summed E-state index contributed by atoms with van der Waals surface area (Å²) in [6.07, 6.45) is 0. The van der Waals surface area contributed by atoms with Crippen LogP contribution in [0.1, 0.15) is 19.4 Å². The van der Waals surface area contributed by atoms with E-state index in [-0.39, 0.29) is 0 Å². The Morgan fingerprint density at radius 2 is 1.67 bits per heavy atom. The van der Waals surface area contributed by atoms with Crippen molar-refractivity contribution in [2.45, 2.75) is 20.4 Å². The summed E-state index contributed by atoms with van der Waals surface area (Å²) in [6.45, 7) is 5.63. The molecule has 0 bridgehead atoms. The monoisotopic (exact) mass is 415 g/mol. The molecular formula is C25H22ClN3O. The van der Waals surface area contributed by atoms with E-state index < -0.39 is 0 Å². The van der Waals surface area contributed by atoms with Gasteiger partial charge in [-0.05, 0) is 42.3 Å². The fourth-order valence-electron chi connectivity index (χ4n) is 3.77. The average Bonchev–Trinajstić information content (AvgIpc) is 3.03. The minimum Gasteiger partial charge on any atom is -0.493 e. The zero-order valence-electron chi connectivity index (χ0n) is 17.0. The number of nitrogens with zero attached hydrogens (tertiary/aromatic N) is 3. The van der Waals surface area contributed by atoms with Gasteiger partial charge in [0.05, 0.1) is 29.7 Å². The van der Waals surface area contributed by atoms with Crippen molar-refractivity contribution in [1.29, 1.82) is 0 Å². The Bertz CT molecular complexity index is 1370. The fourth-order valence-corrected chi connectivity index (χ4v) is 3.94. The molecule has 4 nitrogen and oxygen atoms in total. The van der Waals surface area contributed by atoms with E-state index in [0.717, 1.165) is 44.4 Å². The second-order valence-electron chi connectivity index (χ2n) is 7.94. The molecule has 3 aromatic carbocycles. The Hall–Kier alpha value is -3.11. The molecule has 2 heterocycles. The van der Waals surface area contributed by atoms with Crippen LogP contribution in [0, 0.1) is 5.92 Å². The van der Waals surface area contributed by atoms with Crippen LogP contribution in [0.3, 0.4) is 0 Å². The van der Waals surface area contributed by atoms with Gasteiger partial charge in [-0.25, -0.2) is 9.97 Å². The van der Waals surface area contributed by atoms with Gasteiger partial charge >= 0.3 is 0 Å². The molecule has 2 aromatic heterocycles. The molecule has 5 heteroatoms. The lowest BCUT2D eigenvalue weighted by atomic mass is 10.2. The quantitative estimate of drug-likeness (QED) is 0.330. The van der Waals surface area contributed by atoms with Gasteiger partial charge < -0.3 is 9.30 Å². The maximum absolute atomic E-state index is 6.33. The Morgan fingerprint density at radius 1 is 0.933 bits per heavy atom. The predicted octanol–water partition coefficient (Wildman–Crippen LogP) is 6.47. The van der Waals surface area contributed by atoms with Crippen LogP contribution in [0.15, 0.2) is 66.7 Å². The van der Waals surface area contributed by atoms with E-state index in [9.17, 15) is 0 Å². The number of para-hydroxylation sites is 3. The standard InChI is InChI=1S/C25H22ClN3O/c1-16(2)15-30-23-10-6-3-7-17(23)14-29-22-12-11-18(26)13-19(22)24-25(29)28-21-9-5-4-8-20(21)27-24/h3-13,16H,14-15H2,1-2H3. The summed E-state index contributed by atoms with van der Waals surface area (Å²) in [4.78, 5) is 9.88. The third kappa shape index (κ3) is 3.37. The molecule has 5 rings (SSSR count). The van der Waals surface area contributed by atoms with Crippen LogP contribution in [0.4, 0.5) is 0 Å². The van der Waals surface area contributed by atoms with Crippen molar-refractivity contribution in [2.24, 2.45) is 5.92 Å². The first-order valence-corrected chi connectivity index (χ1v) is 10.5. The van der Waals surface area contributed by atoms with E-state index >= 15 is 0 Å². The van der Waals surface area contributed by atoms with Crippen LogP contribution in [0.2, 0.25) is 5.02 Å². The van der Waals surface area contributed by atoms with Crippen LogP contribution in [-0.2, 0) is 6.54 Å². The third-order valence-electron chi connectivity index (χ3n) is 5.19. The van der Waals surface area contributed by atoms with Crippen molar-refractivity contribution in [2.75, 3.05) is 6.61 Å². The molecule has 0 saturated carbocycles. The van der Waals surface area contributed by atoms with Crippen molar-refractivity contribution in [3.63, 3.8) is 0 Å². The molecule has 0 saturated heterocycles. The summed E-state index contributed by atoms with van der Waals surface area (Å²) in [5, 5.41) is 1.70. The molecule has 0 amide bonds. The number of hydrogen-bond donors (Lipinski definition) is 0. The van der Waals surface area contributed by atoms with Crippen molar-refractivity contribution < 1.29 is 4.74 Å². The van der Waals surface area contributed by atoms with E-state index in [2.05, 4.69) is 24.5 Å². The largest absolute Gasteiger partial charge is 0.493 e. The summed E-state index contributed by atoms with van der Waals surface area (Å²) in [5.41, 5.74) is 5.65. The molecule has 0 fully saturated rings. The van der Waals surface area contributed by atoms with Crippen LogP contribution in [0.5, 0.6) is 5.75 Å². The average molecular weight is 416 g/mol. The number of ether oxygens (including phenoxy) is 1. The van der Waals surface area contributed by atoms with Gasteiger partial charge in [-0.1, -0.05) is 55.8 Å². The first-order valence-electron chi connectivity index (χ1n) is 10.1. The zero-order chi connectivity index (χ0) is 20.7. The van der Waals surface area contributed by atoms with Crippen LogP contribution in [-0.4, -0.2) is 21.1 Å². The molecule has 0 atom stereocenters. The van der Waals surface area contributed by atoms with Crippen LogP contribution in [0.25, 0.3) is 33.1 Å². The highest BCUT2D eigenvalue weighted by atomic mass is 35.5. The number of rotatable bonds is 5. The van der Waals surface area contributed by atoms with Gasteiger partial charge in [0.2, 0.25) is 0 Å². The summed E-state index contributed by atoms with van der Waals surface area (Å²) in [6, 6.07) is 22.1. The molecule has 0 N–H and O–H groups in total. The first-order chi connectivity index (χ1) is 14.6. The Balaban J connectivity index is 1.71. The maximum Gasteiger partial charge on any atom is 0.160 e. The third-order valence-corrected chi connectivity index (χ3v) is 5.42. The summed E-state index contributed by atoms with van der Waals surface area (Å²) in [7, 11) is 0. The number of aromatic nitrogens is 3. The lowest BCUT2D eigenvalue weighted by Gasteiger charge is -2.14. The van der Waals surface area contributed by atoms with E-state index in [1.54, 1.807) is 0 Å². The van der Waals surface area contributed by atoms with Crippen molar-refractivity contribution >= 4 is 44.7 Å². The second-order valence-corrected chi connectivity index (χ2v) is 8.38. The molecule has 0 aliphatic rings. The minimum absolute atomic E-state index is 0.464. The van der Waals surface area contributed by atoms with Gasteiger partial charge in [0.15, 0.2) is 5.65 Å². The predicted molar refractivity (Wildman–Crippen MR) is 123 cm³/mol. The molecule has 0 aliphatic heterocycles. The normalized spacial score (nSPS) is 11.7. The first kappa shape index (κ1) is 18.9. The van der Waals surface area contributed by atoms with Crippen LogP contribution < -0.4 is 4.74 Å². The Labute approximate surface area is 180 Å². The number of benzene rings is 3. The number of hydrogen-bond acceptors (Lipinski definition) is 3. The minimum atomic E-state index is 0.464. The van der Waals surface area contributed by atoms with Gasteiger partial charge in [0, 0.05) is 16.0 Å². The number of halogens is 1. The summed E-state index contributed by atoms with van der Waals surface area (Å²) >= 11 is 6.33. The Morgan fingerprint density at radius 3 is 2.47 bits per heavy atom. The maximum atomic E-state index is 6.33. The molecule has 150 valence electrons. The van der Waals surface area contributed by atoms with Gasteiger partial charge in [0.1, 0.15) is 11.3 Å². The molecule has 0 aliphatic carbocycles. The molecule has 5 aromatic rings. The lowest BCUT2D eigenvalue weighted by molar-refractivity contribution is 0.268. The second kappa shape index (κ2) is 7.62. The highest BCUT2D eigenvalue weighted by Gasteiger charge is 2.16. The molecule has 0 spiro atoms. The van der Waals surface area contributed by atoms with Gasteiger partial charge in [-0.3, -0.25) is 0 Å².